The molecule has 0 aliphatic carbocycles. The number of para-hydroxylation sites is 2. The Labute approximate surface area is 151 Å². The van der Waals surface area contributed by atoms with Gasteiger partial charge < -0.3 is 14.8 Å². The van der Waals surface area contributed by atoms with Gasteiger partial charge in [0, 0.05) is 25.5 Å². The van der Waals surface area contributed by atoms with Gasteiger partial charge in [-0.2, -0.15) is 0 Å². The van der Waals surface area contributed by atoms with Gasteiger partial charge >= 0.3 is 0 Å². The molecule has 0 saturated heterocycles. The first-order valence-corrected chi connectivity index (χ1v) is 8.78. The van der Waals surface area contributed by atoms with Crippen LogP contribution in [0, 0.1) is 5.92 Å². The number of fused-ring (bicyclic) bond motifs is 2. The number of carbonyl (C=O) groups excluding carboxylic acids is 1. The number of benzene rings is 2. The van der Waals surface area contributed by atoms with Gasteiger partial charge in [0.1, 0.15) is 5.69 Å². The number of nitrogens with zero attached hydrogens (tertiary/aromatic N) is 2. The Morgan fingerprint density at radius 2 is 1.73 bits per heavy atom. The molecule has 1 unspecified atom stereocenters. The second-order valence-electron chi connectivity index (χ2n) is 6.99. The van der Waals surface area contributed by atoms with Gasteiger partial charge in [0.2, 0.25) is 0 Å². The van der Waals surface area contributed by atoms with Crippen LogP contribution in [-0.2, 0) is 0 Å². The van der Waals surface area contributed by atoms with Gasteiger partial charge in [-0.05, 0) is 35.6 Å². The summed E-state index contributed by atoms with van der Waals surface area (Å²) in [6.45, 7) is 3.61. The molecule has 132 valence electrons. The van der Waals surface area contributed by atoms with Crippen LogP contribution < -0.4 is 15.4 Å². The predicted molar refractivity (Wildman–Crippen MR) is 105 cm³/mol. The van der Waals surface area contributed by atoms with E-state index < -0.39 is 0 Å². The molecule has 0 bridgehead atoms. The Kier molecular flexibility index (Phi) is 3.99. The summed E-state index contributed by atoms with van der Waals surface area (Å²) in [5.74, 6) is 0.131. The molecule has 3 aromatic rings. The molecule has 5 nitrogen and oxygen atoms in total. The first-order valence-electron chi connectivity index (χ1n) is 8.78. The van der Waals surface area contributed by atoms with Gasteiger partial charge in [0.25, 0.3) is 11.5 Å². The summed E-state index contributed by atoms with van der Waals surface area (Å²) in [5.41, 5.74) is 1.98. The maximum atomic E-state index is 13.3. The number of carbonyl (C=O) groups is 1. The van der Waals surface area contributed by atoms with Gasteiger partial charge in [-0.1, -0.05) is 37.3 Å². The van der Waals surface area contributed by atoms with E-state index in [9.17, 15) is 9.59 Å². The number of H-pyrrole nitrogens is 1. The van der Waals surface area contributed by atoms with Crippen molar-refractivity contribution in [2.45, 2.75) is 6.92 Å². The smallest absolute Gasteiger partial charge is 0.274 e. The molecule has 0 radical (unpaired) electrons. The molecule has 1 aliphatic heterocycles. The maximum absolute atomic E-state index is 13.3. The number of hydrogen-bond acceptors (Lipinski definition) is 3. The molecule has 1 amide bonds. The van der Waals surface area contributed by atoms with E-state index in [1.165, 1.54) is 0 Å². The van der Waals surface area contributed by atoms with Crippen molar-refractivity contribution in [1.29, 1.82) is 0 Å². The number of anilines is 2. The molecule has 0 saturated carbocycles. The van der Waals surface area contributed by atoms with E-state index in [2.05, 4.69) is 16.8 Å². The molecule has 2 heterocycles. The summed E-state index contributed by atoms with van der Waals surface area (Å²) >= 11 is 0. The minimum absolute atomic E-state index is 0.178. The lowest BCUT2D eigenvalue weighted by molar-refractivity contribution is 0.0979. The third-order valence-corrected chi connectivity index (χ3v) is 4.89. The molecule has 1 aromatic heterocycles. The summed E-state index contributed by atoms with van der Waals surface area (Å²) in [5, 5.41) is 1.36. The number of hydrogen-bond donors (Lipinski definition) is 1. The largest absolute Gasteiger partial charge is 0.373 e. The quantitative estimate of drug-likeness (QED) is 0.735. The van der Waals surface area contributed by atoms with Crippen LogP contribution in [-0.4, -0.2) is 31.0 Å². The zero-order chi connectivity index (χ0) is 18.3. The van der Waals surface area contributed by atoms with Crippen molar-refractivity contribution in [3.8, 4) is 0 Å². The summed E-state index contributed by atoms with van der Waals surface area (Å²) in [7, 11) is 2.04. The molecule has 1 aliphatic rings. The molecular formula is C21H21N3O2. The fourth-order valence-electron chi connectivity index (χ4n) is 3.71. The lowest BCUT2D eigenvalue weighted by Gasteiger charge is -2.24. The van der Waals surface area contributed by atoms with Crippen molar-refractivity contribution in [3.63, 3.8) is 0 Å². The average molecular weight is 347 g/mol. The molecule has 0 spiro atoms. The Morgan fingerprint density at radius 1 is 1.04 bits per heavy atom. The predicted octanol–water partition coefficient (Wildman–Crippen LogP) is 3.26. The van der Waals surface area contributed by atoms with Crippen molar-refractivity contribution < 1.29 is 4.79 Å². The van der Waals surface area contributed by atoms with Crippen molar-refractivity contribution in [3.05, 3.63) is 70.6 Å². The fourth-order valence-corrected chi connectivity index (χ4v) is 3.71. The SMILES string of the molecule is CC1CN(C)c2ccccc2N(C(=O)c2cc3ccccc3c(=O)[nH]2)C1. The lowest BCUT2D eigenvalue weighted by Crippen LogP contribution is -2.36. The highest BCUT2D eigenvalue weighted by molar-refractivity contribution is 6.08. The van der Waals surface area contributed by atoms with Gasteiger partial charge in [-0.3, -0.25) is 9.59 Å². The normalized spacial score (nSPS) is 17.1. The fraction of sp³-hybridized carbons (Fsp3) is 0.238. The van der Waals surface area contributed by atoms with Crippen molar-refractivity contribution in [2.24, 2.45) is 5.92 Å². The number of aromatic amines is 1. The third kappa shape index (κ3) is 2.75. The average Bonchev–Trinajstić information content (AvgIpc) is 2.77. The van der Waals surface area contributed by atoms with Crippen LogP contribution in [0.15, 0.2) is 59.4 Å². The van der Waals surface area contributed by atoms with Crippen LogP contribution in [0.5, 0.6) is 0 Å². The van der Waals surface area contributed by atoms with E-state index in [4.69, 9.17) is 0 Å². The number of aromatic nitrogens is 1. The number of nitrogens with one attached hydrogen (secondary N) is 1. The zero-order valence-electron chi connectivity index (χ0n) is 14.9. The monoisotopic (exact) mass is 347 g/mol. The Balaban J connectivity index is 1.82. The first-order chi connectivity index (χ1) is 12.5. The zero-order valence-corrected chi connectivity index (χ0v) is 14.9. The van der Waals surface area contributed by atoms with Crippen LogP contribution >= 0.6 is 0 Å². The number of pyridine rings is 1. The number of amides is 1. The van der Waals surface area contributed by atoms with Crippen LogP contribution in [0.3, 0.4) is 0 Å². The topological polar surface area (TPSA) is 56.4 Å². The summed E-state index contributed by atoms with van der Waals surface area (Å²) in [4.78, 5) is 32.4. The van der Waals surface area contributed by atoms with Crippen molar-refractivity contribution in [1.82, 2.24) is 4.98 Å². The molecule has 1 atom stereocenters. The molecular weight excluding hydrogens is 326 g/mol. The van der Waals surface area contributed by atoms with Crippen LogP contribution in [0.25, 0.3) is 10.8 Å². The Hall–Kier alpha value is -3.08. The van der Waals surface area contributed by atoms with E-state index in [0.29, 0.717) is 23.5 Å². The molecule has 1 N–H and O–H groups in total. The summed E-state index contributed by atoms with van der Waals surface area (Å²) < 4.78 is 0. The first kappa shape index (κ1) is 16.4. The van der Waals surface area contributed by atoms with Crippen molar-refractivity contribution >= 4 is 28.1 Å². The number of rotatable bonds is 1. The van der Waals surface area contributed by atoms with Crippen LogP contribution in [0.2, 0.25) is 0 Å². The molecule has 0 fully saturated rings. The minimum atomic E-state index is -0.236. The lowest BCUT2D eigenvalue weighted by atomic mass is 10.1. The maximum Gasteiger partial charge on any atom is 0.274 e. The standard InChI is InChI=1S/C21H21N3O2/c1-14-12-23(2)18-9-5-6-10-19(18)24(13-14)21(26)17-11-15-7-3-4-8-16(15)20(25)22-17/h3-11,14H,12-13H2,1-2H3,(H,22,25). The Morgan fingerprint density at radius 3 is 2.54 bits per heavy atom. The van der Waals surface area contributed by atoms with Gasteiger partial charge in [0.15, 0.2) is 0 Å². The van der Waals surface area contributed by atoms with Crippen LogP contribution in [0.1, 0.15) is 17.4 Å². The second-order valence-corrected chi connectivity index (χ2v) is 6.99. The van der Waals surface area contributed by atoms with Gasteiger partial charge in [-0.25, -0.2) is 0 Å². The van der Waals surface area contributed by atoms with Gasteiger partial charge in [0.05, 0.1) is 11.4 Å². The van der Waals surface area contributed by atoms with E-state index in [1.807, 2.05) is 49.5 Å². The highest BCUT2D eigenvalue weighted by Gasteiger charge is 2.27. The molecule has 2 aromatic carbocycles. The molecule has 5 heteroatoms. The molecule has 26 heavy (non-hydrogen) atoms. The summed E-state index contributed by atoms with van der Waals surface area (Å²) in [6, 6.07) is 17.0. The third-order valence-electron chi connectivity index (χ3n) is 4.89. The second kappa shape index (κ2) is 6.33. The highest BCUT2D eigenvalue weighted by Crippen LogP contribution is 2.33. The molecule has 4 rings (SSSR count). The van der Waals surface area contributed by atoms with E-state index in [0.717, 1.165) is 23.3 Å². The van der Waals surface area contributed by atoms with E-state index in [-0.39, 0.29) is 11.5 Å². The van der Waals surface area contributed by atoms with Crippen molar-refractivity contribution in [2.75, 3.05) is 29.9 Å². The van der Waals surface area contributed by atoms with Crippen LogP contribution in [0.4, 0.5) is 11.4 Å². The Bertz CT molecular complexity index is 1040. The summed E-state index contributed by atoms with van der Waals surface area (Å²) in [6.07, 6.45) is 0. The van der Waals surface area contributed by atoms with E-state index >= 15 is 0 Å². The van der Waals surface area contributed by atoms with Gasteiger partial charge in [-0.15, -0.1) is 0 Å². The highest BCUT2D eigenvalue weighted by atomic mass is 16.2. The minimum Gasteiger partial charge on any atom is -0.373 e. The van der Waals surface area contributed by atoms with E-state index in [1.54, 1.807) is 17.0 Å².